The molecule has 284 valence electrons. The lowest BCUT2D eigenvalue weighted by atomic mass is 9.70. The van der Waals surface area contributed by atoms with Gasteiger partial charge in [0, 0.05) is 34.4 Å². The van der Waals surface area contributed by atoms with Crippen molar-refractivity contribution in [3.63, 3.8) is 0 Å². The SMILES string of the molecule is C1=CCCC(N(C2=C3C=CCCC3=CCC2)c2ccc3c(c2)C2(c4ccccc4-c4ccccc42)c2cc(N(c4ccccc4)C4C=CC=C5C=CC=CC54)ccc2-3)=C1. The fourth-order valence-electron chi connectivity index (χ4n) is 11.4. The minimum atomic E-state index is -0.486. The van der Waals surface area contributed by atoms with Crippen LogP contribution in [0.2, 0.25) is 0 Å². The monoisotopic (exact) mass is 758 g/mol. The molecule has 0 aromatic heterocycles. The first kappa shape index (κ1) is 34.4. The Bertz CT molecular complexity index is 2800. The zero-order valence-electron chi connectivity index (χ0n) is 33.3. The number of benzene rings is 5. The number of anilines is 3. The zero-order valence-corrected chi connectivity index (χ0v) is 33.3. The summed E-state index contributed by atoms with van der Waals surface area (Å²) in [6.45, 7) is 0. The normalized spacial score (nSPS) is 20.8. The molecule has 12 rings (SSSR count). The maximum Gasteiger partial charge on any atom is 0.0727 e. The fourth-order valence-corrected chi connectivity index (χ4v) is 11.4. The molecule has 0 heterocycles. The van der Waals surface area contributed by atoms with Crippen LogP contribution in [0.4, 0.5) is 17.1 Å². The Morgan fingerprint density at radius 1 is 0.508 bits per heavy atom. The van der Waals surface area contributed by atoms with E-state index >= 15 is 0 Å². The minimum Gasteiger partial charge on any atom is -0.334 e. The first-order valence-corrected chi connectivity index (χ1v) is 21.6. The number of allylic oxidation sites excluding steroid dienone is 15. The molecule has 0 radical (unpaired) electrons. The number of nitrogens with zero attached hydrogens (tertiary/aromatic N) is 2. The van der Waals surface area contributed by atoms with Crippen molar-refractivity contribution >= 4 is 17.1 Å². The summed E-state index contributed by atoms with van der Waals surface area (Å²) < 4.78 is 0. The Labute approximate surface area is 348 Å². The van der Waals surface area contributed by atoms with Gasteiger partial charge < -0.3 is 9.80 Å². The first-order chi connectivity index (χ1) is 29.3. The number of fused-ring (bicyclic) bond motifs is 12. The van der Waals surface area contributed by atoms with Gasteiger partial charge in [0.2, 0.25) is 0 Å². The van der Waals surface area contributed by atoms with Gasteiger partial charge in [-0.25, -0.2) is 0 Å². The largest absolute Gasteiger partial charge is 0.334 e. The molecule has 0 N–H and O–H groups in total. The van der Waals surface area contributed by atoms with Gasteiger partial charge in [-0.15, -0.1) is 0 Å². The first-order valence-electron chi connectivity index (χ1n) is 21.6. The summed E-state index contributed by atoms with van der Waals surface area (Å²) in [5.74, 6) is 0.250. The molecule has 2 atom stereocenters. The van der Waals surface area contributed by atoms with Gasteiger partial charge in [-0.2, -0.15) is 0 Å². The van der Waals surface area contributed by atoms with Gasteiger partial charge in [-0.05, 0) is 142 Å². The summed E-state index contributed by atoms with van der Waals surface area (Å²) in [6.07, 6.45) is 36.6. The third-order valence-corrected chi connectivity index (χ3v) is 13.8. The Balaban J connectivity index is 1.10. The molecule has 2 unspecified atom stereocenters. The van der Waals surface area contributed by atoms with Crippen molar-refractivity contribution in [3.8, 4) is 22.3 Å². The molecule has 1 spiro atoms. The van der Waals surface area contributed by atoms with Crippen molar-refractivity contribution < 1.29 is 0 Å². The summed E-state index contributed by atoms with van der Waals surface area (Å²) >= 11 is 0. The van der Waals surface area contributed by atoms with E-state index in [-0.39, 0.29) is 12.0 Å². The molecule has 0 saturated carbocycles. The van der Waals surface area contributed by atoms with Crippen molar-refractivity contribution in [3.05, 3.63) is 245 Å². The predicted octanol–water partition coefficient (Wildman–Crippen LogP) is 14.1. The standard InChI is InChI=1S/C57H46N2/c1-3-21-41(22-4-1)58(55-31-15-19-39-17-7-9-25-45(39)55)43-33-35-49-50-36-34-44(59(42-23-5-2-6-24-42)56-32-16-20-40-18-8-10-26-46(40)56)38-54(50)57(53(49)37-43)51-29-13-11-27-47(51)48-28-12-14-30-52(48)57/h1-5,7,9-15,17,19-23,25-31,33-38,45,55H,6,8,16,18,24,32H2. The highest BCUT2D eigenvalue weighted by molar-refractivity contribution is 5.97. The highest BCUT2D eigenvalue weighted by Gasteiger charge is 2.52. The van der Waals surface area contributed by atoms with Crippen molar-refractivity contribution in [2.45, 2.75) is 50.0 Å². The third-order valence-electron chi connectivity index (χ3n) is 13.8. The lowest BCUT2D eigenvalue weighted by molar-refractivity contribution is 0.639. The second-order valence-corrected chi connectivity index (χ2v) is 16.8. The van der Waals surface area contributed by atoms with Gasteiger partial charge in [0.05, 0.1) is 11.5 Å². The van der Waals surface area contributed by atoms with E-state index in [4.69, 9.17) is 0 Å². The van der Waals surface area contributed by atoms with Crippen LogP contribution in [-0.2, 0) is 5.41 Å². The maximum atomic E-state index is 2.65. The average Bonchev–Trinajstić information content (AvgIpc) is 3.77. The molecule has 5 aromatic carbocycles. The molecule has 0 saturated heterocycles. The molecule has 0 amide bonds. The Morgan fingerprint density at radius 2 is 1.22 bits per heavy atom. The summed E-state index contributed by atoms with van der Waals surface area (Å²) in [5.41, 5.74) is 21.1. The molecule has 2 heteroatoms. The molecule has 7 aliphatic carbocycles. The van der Waals surface area contributed by atoms with Gasteiger partial charge in [0.15, 0.2) is 0 Å². The Morgan fingerprint density at radius 3 is 2.00 bits per heavy atom. The summed E-state index contributed by atoms with van der Waals surface area (Å²) in [6, 6.07) is 44.4. The van der Waals surface area contributed by atoms with Gasteiger partial charge in [-0.3, -0.25) is 0 Å². The van der Waals surface area contributed by atoms with Crippen LogP contribution >= 0.6 is 0 Å². The van der Waals surface area contributed by atoms with E-state index in [0.29, 0.717) is 0 Å². The molecule has 5 aromatic rings. The number of hydrogen-bond acceptors (Lipinski definition) is 2. The second-order valence-electron chi connectivity index (χ2n) is 16.8. The van der Waals surface area contributed by atoms with Crippen molar-refractivity contribution in [2.75, 3.05) is 9.80 Å². The Kier molecular flexibility index (Phi) is 8.01. The third kappa shape index (κ3) is 5.18. The highest BCUT2D eigenvalue weighted by atomic mass is 15.2. The number of hydrogen-bond donors (Lipinski definition) is 0. The van der Waals surface area contributed by atoms with Crippen LogP contribution in [0.5, 0.6) is 0 Å². The summed E-state index contributed by atoms with van der Waals surface area (Å²) in [5, 5.41) is 0. The highest BCUT2D eigenvalue weighted by Crippen LogP contribution is 2.64. The second kappa shape index (κ2) is 13.7. The molecule has 0 bridgehead atoms. The molecule has 0 fully saturated rings. The van der Waals surface area contributed by atoms with E-state index in [2.05, 4.69) is 204 Å². The van der Waals surface area contributed by atoms with Crippen LogP contribution in [0.25, 0.3) is 22.3 Å². The number of rotatable bonds is 6. The number of para-hydroxylation sites is 1. The summed E-state index contributed by atoms with van der Waals surface area (Å²) in [7, 11) is 0. The summed E-state index contributed by atoms with van der Waals surface area (Å²) in [4.78, 5) is 5.23. The topological polar surface area (TPSA) is 6.48 Å². The zero-order chi connectivity index (χ0) is 38.9. The van der Waals surface area contributed by atoms with E-state index in [1.165, 1.54) is 89.7 Å². The van der Waals surface area contributed by atoms with E-state index in [9.17, 15) is 0 Å². The van der Waals surface area contributed by atoms with Gasteiger partial charge in [0.25, 0.3) is 0 Å². The van der Waals surface area contributed by atoms with Crippen LogP contribution in [-0.4, -0.2) is 6.04 Å². The average molecular weight is 759 g/mol. The minimum absolute atomic E-state index is 0.121. The van der Waals surface area contributed by atoms with Gasteiger partial charge in [-0.1, -0.05) is 152 Å². The molecular weight excluding hydrogens is 713 g/mol. The lowest BCUT2D eigenvalue weighted by Crippen LogP contribution is -2.38. The van der Waals surface area contributed by atoms with E-state index in [1.54, 1.807) is 0 Å². The smallest absolute Gasteiger partial charge is 0.0727 e. The molecule has 0 aliphatic heterocycles. The Hall–Kier alpha value is -6.64. The van der Waals surface area contributed by atoms with Crippen LogP contribution in [0.3, 0.4) is 0 Å². The van der Waals surface area contributed by atoms with E-state index in [1.807, 2.05) is 0 Å². The van der Waals surface area contributed by atoms with Crippen molar-refractivity contribution in [1.82, 2.24) is 0 Å². The quantitative estimate of drug-likeness (QED) is 0.167. The molecular formula is C57H46N2. The van der Waals surface area contributed by atoms with Crippen molar-refractivity contribution in [2.24, 2.45) is 5.92 Å². The predicted molar refractivity (Wildman–Crippen MR) is 246 cm³/mol. The molecule has 7 aliphatic rings. The van der Waals surface area contributed by atoms with Crippen molar-refractivity contribution in [1.29, 1.82) is 0 Å². The van der Waals surface area contributed by atoms with E-state index < -0.39 is 5.41 Å². The fraction of sp³-hybridized carbons (Fsp3) is 0.158. The molecule has 59 heavy (non-hydrogen) atoms. The van der Waals surface area contributed by atoms with Gasteiger partial charge >= 0.3 is 0 Å². The van der Waals surface area contributed by atoms with Crippen LogP contribution < -0.4 is 9.80 Å². The van der Waals surface area contributed by atoms with Gasteiger partial charge in [0.1, 0.15) is 0 Å². The van der Waals surface area contributed by atoms with E-state index in [0.717, 1.165) is 38.5 Å². The van der Waals surface area contributed by atoms with Crippen LogP contribution in [0, 0.1) is 5.92 Å². The molecule has 2 nitrogen and oxygen atoms in total. The maximum absolute atomic E-state index is 2.65. The lowest BCUT2D eigenvalue weighted by Gasteiger charge is -2.39. The van der Waals surface area contributed by atoms with Crippen LogP contribution in [0.1, 0.15) is 60.8 Å². The van der Waals surface area contributed by atoms with Crippen LogP contribution in [0.15, 0.2) is 222 Å².